The van der Waals surface area contributed by atoms with Crippen molar-refractivity contribution in [3.05, 3.63) is 36.0 Å². The van der Waals surface area contributed by atoms with Crippen LogP contribution in [0, 0.1) is 11.3 Å². The summed E-state index contributed by atoms with van der Waals surface area (Å²) >= 11 is 5.44. The molecule has 3 N–H and O–H groups in total. The molecule has 0 spiro atoms. The molecule has 1 aromatic carbocycles. The van der Waals surface area contributed by atoms with Crippen molar-refractivity contribution >= 4 is 33.3 Å². The van der Waals surface area contributed by atoms with Crippen molar-refractivity contribution < 1.29 is 17.8 Å². The van der Waals surface area contributed by atoms with E-state index in [4.69, 9.17) is 21.4 Å². The van der Waals surface area contributed by atoms with Gasteiger partial charge in [-0.05, 0) is 24.3 Å². The Kier molecular flexibility index (Phi) is 6.17. The predicted octanol–water partition coefficient (Wildman–Crippen LogP) is 1.11. The van der Waals surface area contributed by atoms with Gasteiger partial charge in [-0.15, -0.1) is 11.6 Å². The normalized spacial score (nSPS) is 11.6. The number of nitriles is 1. The first-order chi connectivity index (χ1) is 9.88. The second-order valence-electron chi connectivity index (χ2n) is 3.77. The Hall–Kier alpha value is -2.08. The Morgan fingerprint density at radius 2 is 2.00 bits per heavy atom. The standard InChI is InChI=1S/C12H12ClN3O4S/c13-5-6-15-8-9(7-14)12(17)16-10-1-3-11(4-2-10)21(18,19)20/h1-4,8,15H,5-6H2,(H,16,17)(H,18,19,20)/b9-8-. The van der Waals surface area contributed by atoms with Gasteiger partial charge in [0, 0.05) is 24.3 Å². The maximum absolute atomic E-state index is 11.8. The van der Waals surface area contributed by atoms with Crippen LogP contribution in [-0.2, 0) is 14.9 Å². The van der Waals surface area contributed by atoms with Gasteiger partial charge in [-0.1, -0.05) is 0 Å². The molecule has 0 saturated carbocycles. The first-order valence-corrected chi connectivity index (χ1v) is 7.64. The summed E-state index contributed by atoms with van der Waals surface area (Å²) in [5.41, 5.74) is 0.130. The Labute approximate surface area is 127 Å². The lowest BCUT2D eigenvalue weighted by atomic mass is 10.2. The zero-order valence-corrected chi connectivity index (χ0v) is 12.3. The molecular weight excluding hydrogens is 318 g/mol. The van der Waals surface area contributed by atoms with Gasteiger partial charge in [-0.25, -0.2) is 0 Å². The van der Waals surface area contributed by atoms with E-state index in [1.807, 2.05) is 0 Å². The average molecular weight is 330 g/mol. The maximum atomic E-state index is 11.8. The fourth-order valence-electron chi connectivity index (χ4n) is 1.29. The molecule has 7 nitrogen and oxygen atoms in total. The van der Waals surface area contributed by atoms with Crippen LogP contribution in [0.1, 0.15) is 0 Å². The van der Waals surface area contributed by atoms with Gasteiger partial charge in [-0.2, -0.15) is 13.7 Å². The topological polar surface area (TPSA) is 119 Å². The number of halogens is 1. The summed E-state index contributed by atoms with van der Waals surface area (Å²) in [6, 6.07) is 6.57. The smallest absolute Gasteiger partial charge is 0.294 e. The van der Waals surface area contributed by atoms with E-state index in [2.05, 4.69) is 10.6 Å². The van der Waals surface area contributed by atoms with Crippen molar-refractivity contribution in [2.24, 2.45) is 0 Å². The third-order valence-corrected chi connectivity index (χ3v) is 3.32. The molecule has 0 aromatic heterocycles. The summed E-state index contributed by atoms with van der Waals surface area (Å²) in [7, 11) is -4.28. The van der Waals surface area contributed by atoms with Crippen LogP contribution in [0.15, 0.2) is 40.9 Å². The van der Waals surface area contributed by atoms with E-state index in [-0.39, 0.29) is 16.2 Å². The quantitative estimate of drug-likeness (QED) is 0.236. The highest BCUT2D eigenvalue weighted by molar-refractivity contribution is 7.85. The number of alkyl halides is 1. The number of amides is 1. The van der Waals surface area contributed by atoms with Crippen molar-refractivity contribution in [3.8, 4) is 6.07 Å². The van der Waals surface area contributed by atoms with Crippen LogP contribution in [0.2, 0.25) is 0 Å². The predicted molar refractivity (Wildman–Crippen MR) is 77.3 cm³/mol. The number of hydrogen-bond donors (Lipinski definition) is 3. The van der Waals surface area contributed by atoms with Gasteiger partial charge in [0.25, 0.3) is 16.0 Å². The van der Waals surface area contributed by atoms with Crippen molar-refractivity contribution in [2.45, 2.75) is 4.90 Å². The molecule has 0 atom stereocenters. The van der Waals surface area contributed by atoms with Gasteiger partial charge in [-0.3, -0.25) is 9.35 Å². The average Bonchev–Trinajstić information content (AvgIpc) is 2.43. The number of nitrogens with zero attached hydrogens (tertiary/aromatic N) is 1. The van der Waals surface area contributed by atoms with Crippen LogP contribution >= 0.6 is 11.6 Å². The van der Waals surface area contributed by atoms with Gasteiger partial charge >= 0.3 is 0 Å². The molecule has 9 heteroatoms. The third-order valence-electron chi connectivity index (χ3n) is 2.26. The number of anilines is 1. The monoisotopic (exact) mass is 329 g/mol. The summed E-state index contributed by atoms with van der Waals surface area (Å²) in [6.07, 6.45) is 1.24. The van der Waals surface area contributed by atoms with Crippen molar-refractivity contribution in [1.29, 1.82) is 5.26 Å². The van der Waals surface area contributed by atoms with E-state index in [9.17, 15) is 13.2 Å². The molecule has 0 bridgehead atoms. The summed E-state index contributed by atoms with van der Waals surface area (Å²) in [4.78, 5) is 11.5. The number of carbonyl (C=O) groups is 1. The van der Waals surface area contributed by atoms with E-state index in [0.29, 0.717) is 12.4 Å². The minimum Gasteiger partial charge on any atom is -0.388 e. The summed E-state index contributed by atoms with van der Waals surface area (Å²) in [6.45, 7) is 0.406. The van der Waals surface area contributed by atoms with E-state index < -0.39 is 16.0 Å². The van der Waals surface area contributed by atoms with Crippen LogP contribution in [0.25, 0.3) is 0 Å². The SMILES string of the molecule is N#C/C(=C/NCCCl)C(=O)Nc1ccc(S(=O)(=O)O)cc1. The molecule has 0 unspecified atom stereocenters. The van der Waals surface area contributed by atoms with Gasteiger partial charge in [0.05, 0.1) is 4.90 Å². The lowest BCUT2D eigenvalue weighted by Crippen LogP contribution is -2.17. The lowest BCUT2D eigenvalue weighted by molar-refractivity contribution is -0.112. The molecule has 0 radical (unpaired) electrons. The molecule has 112 valence electrons. The number of rotatable bonds is 6. The largest absolute Gasteiger partial charge is 0.388 e. The first-order valence-electron chi connectivity index (χ1n) is 5.67. The van der Waals surface area contributed by atoms with Crippen molar-refractivity contribution in [2.75, 3.05) is 17.7 Å². The van der Waals surface area contributed by atoms with Crippen LogP contribution < -0.4 is 10.6 Å². The molecular formula is C12H12ClN3O4S. The molecule has 0 aliphatic carbocycles. The highest BCUT2D eigenvalue weighted by Crippen LogP contribution is 2.14. The van der Waals surface area contributed by atoms with Crippen LogP contribution in [-0.4, -0.2) is 31.3 Å². The lowest BCUT2D eigenvalue weighted by Gasteiger charge is -2.05. The Morgan fingerprint density at radius 3 is 2.48 bits per heavy atom. The third kappa shape index (κ3) is 5.43. The first kappa shape index (κ1) is 17.0. The van der Waals surface area contributed by atoms with E-state index in [1.165, 1.54) is 18.3 Å². The zero-order chi connectivity index (χ0) is 15.9. The second kappa shape index (κ2) is 7.64. The molecule has 0 aliphatic rings. The van der Waals surface area contributed by atoms with Crippen LogP contribution in [0.5, 0.6) is 0 Å². The molecule has 0 aliphatic heterocycles. The van der Waals surface area contributed by atoms with E-state index in [1.54, 1.807) is 6.07 Å². The molecule has 0 heterocycles. The molecule has 0 saturated heterocycles. The van der Waals surface area contributed by atoms with Gasteiger partial charge < -0.3 is 10.6 Å². The number of carbonyl (C=O) groups excluding carboxylic acids is 1. The molecule has 21 heavy (non-hydrogen) atoms. The number of hydrogen-bond acceptors (Lipinski definition) is 5. The molecule has 1 rings (SSSR count). The number of nitrogens with one attached hydrogen (secondary N) is 2. The Balaban J connectivity index is 2.79. The highest BCUT2D eigenvalue weighted by atomic mass is 35.5. The maximum Gasteiger partial charge on any atom is 0.294 e. The summed E-state index contributed by atoms with van der Waals surface area (Å²) < 4.78 is 30.6. The van der Waals surface area contributed by atoms with Crippen molar-refractivity contribution in [1.82, 2.24) is 5.32 Å². The van der Waals surface area contributed by atoms with Gasteiger partial charge in [0.1, 0.15) is 11.6 Å². The fourth-order valence-corrected chi connectivity index (χ4v) is 1.88. The molecule has 0 fully saturated rings. The minimum atomic E-state index is -4.28. The minimum absolute atomic E-state index is 0.154. The fraction of sp³-hybridized carbons (Fsp3) is 0.167. The van der Waals surface area contributed by atoms with Gasteiger partial charge in [0.15, 0.2) is 0 Å². The second-order valence-corrected chi connectivity index (χ2v) is 5.57. The van der Waals surface area contributed by atoms with Crippen LogP contribution in [0.4, 0.5) is 5.69 Å². The molecule has 1 aromatic rings. The summed E-state index contributed by atoms with van der Waals surface area (Å²) in [5.74, 6) is -0.326. The van der Waals surface area contributed by atoms with E-state index in [0.717, 1.165) is 12.1 Å². The van der Waals surface area contributed by atoms with E-state index >= 15 is 0 Å². The van der Waals surface area contributed by atoms with Crippen molar-refractivity contribution in [3.63, 3.8) is 0 Å². The van der Waals surface area contributed by atoms with Crippen LogP contribution in [0.3, 0.4) is 0 Å². The number of benzene rings is 1. The van der Waals surface area contributed by atoms with Gasteiger partial charge in [0.2, 0.25) is 0 Å². The summed E-state index contributed by atoms with van der Waals surface area (Å²) in [5, 5.41) is 14.0. The Bertz CT molecular complexity index is 677. The highest BCUT2D eigenvalue weighted by Gasteiger charge is 2.11. The Morgan fingerprint density at radius 1 is 1.38 bits per heavy atom. The molecule has 1 amide bonds. The zero-order valence-electron chi connectivity index (χ0n) is 10.7.